The number of hydrogen-bond acceptors (Lipinski definition) is 1. The third-order valence-corrected chi connectivity index (χ3v) is 4.99. The summed E-state index contributed by atoms with van der Waals surface area (Å²) in [6.45, 7) is 4.70. The molecule has 17 heavy (non-hydrogen) atoms. The summed E-state index contributed by atoms with van der Waals surface area (Å²) in [7, 11) is 0. The Morgan fingerprint density at radius 1 is 1.24 bits per heavy atom. The molecule has 1 aromatic carbocycles. The second-order valence-electron chi connectivity index (χ2n) is 5.86. The van der Waals surface area contributed by atoms with Crippen LogP contribution in [0.3, 0.4) is 0 Å². The fourth-order valence-electron chi connectivity index (χ4n) is 2.91. The second-order valence-corrected chi connectivity index (χ2v) is 7.11. The molecule has 0 spiro atoms. The monoisotopic (exact) mass is 343 g/mol. The fraction of sp³-hybridized carbons (Fsp3) is 0.600. The van der Waals surface area contributed by atoms with Gasteiger partial charge in [0, 0.05) is 9.11 Å². The molecule has 2 heteroatoms. The van der Waals surface area contributed by atoms with Gasteiger partial charge in [-0.15, -0.1) is 0 Å². The first-order valence-electron chi connectivity index (χ1n) is 6.52. The number of hydrogen-bond donors (Lipinski definition) is 1. The maximum absolute atomic E-state index is 6.58. The SMILES string of the molecule is CC1CCC(N)(Cc2ccc(I)cc2)CC1C. The molecule has 0 saturated heterocycles. The Labute approximate surface area is 118 Å². The van der Waals surface area contributed by atoms with Crippen molar-refractivity contribution in [3.8, 4) is 0 Å². The molecule has 0 radical (unpaired) electrons. The molecule has 3 unspecified atom stereocenters. The highest BCUT2D eigenvalue weighted by Crippen LogP contribution is 2.36. The van der Waals surface area contributed by atoms with Gasteiger partial charge in [-0.05, 0) is 77.8 Å². The van der Waals surface area contributed by atoms with Gasteiger partial charge in [0.25, 0.3) is 0 Å². The minimum absolute atomic E-state index is 0.0265. The van der Waals surface area contributed by atoms with Crippen LogP contribution in [-0.2, 0) is 6.42 Å². The van der Waals surface area contributed by atoms with Gasteiger partial charge in [-0.3, -0.25) is 0 Å². The molecule has 1 nitrogen and oxygen atoms in total. The lowest BCUT2D eigenvalue weighted by Gasteiger charge is -2.40. The summed E-state index contributed by atoms with van der Waals surface area (Å²) >= 11 is 2.35. The van der Waals surface area contributed by atoms with Crippen LogP contribution in [0.25, 0.3) is 0 Å². The van der Waals surface area contributed by atoms with Crippen molar-refractivity contribution in [1.29, 1.82) is 0 Å². The molecule has 2 rings (SSSR count). The Morgan fingerprint density at radius 2 is 1.88 bits per heavy atom. The zero-order chi connectivity index (χ0) is 12.5. The molecule has 1 saturated carbocycles. The van der Waals surface area contributed by atoms with Crippen LogP contribution in [0, 0.1) is 15.4 Å². The molecule has 0 heterocycles. The van der Waals surface area contributed by atoms with Crippen molar-refractivity contribution in [3.63, 3.8) is 0 Å². The highest BCUT2D eigenvalue weighted by molar-refractivity contribution is 14.1. The van der Waals surface area contributed by atoms with Gasteiger partial charge in [0.15, 0.2) is 0 Å². The zero-order valence-electron chi connectivity index (χ0n) is 10.7. The molecule has 0 amide bonds. The van der Waals surface area contributed by atoms with Crippen LogP contribution >= 0.6 is 22.6 Å². The lowest BCUT2D eigenvalue weighted by atomic mass is 9.69. The van der Waals surface area contributed by atoms with E-state index in [9.17, 15) is 0 Å². The molecule has 1 aliphatic rings. The summed E-state index contributed by atoms with van der Waals surface area (Å²) in [6.07, 6.45) is 4.65. The van der Waals surface area contributed by atoms with E-state index in [0.717, 1.165) is 18.3 Å². The first kappa shape index (κ1) is 13.3. The molecule has 2 N–H and O–H groups in total. The molecule has 94 valence electrons. The average Bonchev–Trinajstić information content (AvgIpc) is 2.28. The number of rotatable bonds is 2. The summed E-state index contributed by atoms with van der Waals surface area (Å²) in [5, 5.41) is 0. The van der Waals surface area contributed by atoms with Crippen molar-refractivity contribution in [1.82, 2.24) is 0 Å². The maximum atomic E-state index is 6.58. The smallest absolute Gasteiger partial charge is 0.0197 e. The third kappa shape index (κ3) is 3.44. The van der Waals surface area contributed by atoms with Crippen LogP contribution in [-0.4, -0.2) is 5.54 Å². The highest BCUT2D eigenvalue weighted by Gasteiger charge is 2.34. The van der Waals surface area contributed by atoms with Crippen LogP contribution in [0.5, 0.6) is 0 Å². The van der Waals surface area contributed by atoms with E-state index in [-0.39, 0.29) is 5.54 Å². The van der Waals surface area contributed by atoms with Gasteiger partial charge in [-0.2, -0.15) is 0 Å². The standard InChI is InChI=1S/C15H22IN/c1-11-7-8-15(17,9-12(11)2)10-13-3-5-14(16)6-4-13/h3-6,11-12H,7-10,17H2,1-2H3. The van der Waals surface area contributed by atoms with Crippen molar-refractivity contribution in [3.05, 3.63) is 33.4 Å². The number of halogens is 1. The normalized spacial score (nSPS) is 33.6. The van der Waals surface area contributed by atoms with Crippen LogP contribution in [0.1, 0.15) is 38.7 Å². The third-order valence-electron chi connectivity index (χ3n) is 4.27. The largest absolute Gasteiger partial charge is 0.325 e. The Bertz CT molecular complexity index is 373. The van der Waals surface area contributed by atoms with Crippen molar-refractivity contribution < 1.29 is 0 Å². The highest BCUT2D eigenvalue weighted by atomic mass is 127. The topological polar surface area (TPSA) is 26.0 Å². The van der Waals surface area contributed by atoms with Gasteiger partial charge in [0.2, 0.25) is 0 Å². The van der Waals surface area contributed by atoms with E-state index >= 15 is 0 Å². The molecule has 1 fully saturated rings. The summed E-state index contributed by atoms with van der Waals surface area (Å²) in [6, 6.07) is 8.79. The lowest BCUT2D eigenvalue weighted by molar-refractivity contribution is 0.176. The zero-order valence-corrected chi connectivity index (χ0v) is 12.9. The number of benzene rings is 1. The second kappa shape index (κ2) is 5.27. The van der Waals surface area contributed by atoms with E-state index in [1.54, 1.807) is 0 Å². The van der Waals surface area contributed by atoms with Crippen molar-refractivity contribution in [2.75, 3.05) is 0 Å². The van der Waals surface area contributed by atoms with Crippen molar-refractivity contribution >= 4 is 22.6 Å². The van der Waals surface area contributed by atoms with Crippen LogP contribution < -0.4 is 5.73 Å². The first-order chi connectivity index (χ1) is 7.98. The molecule has 1 aromatic rings. The average molecular weight is 343 g/mol. The van der Waals surface area contributed by atoms with E-state index in [2.05, 4.69) is 60.7 Å². The van der Waals surface area contributed by atoms with E-state index < -0.39 is 0 Å². The van der Waals surface area contributed by atoms with E-state index in [4.69, 9.17) is 5.73 Å². The Kier molecular flexibility index (Phi) is 4.14. The predicted molar refractivity (Wildman–Crippen MR) is 82.0 cm³/mol. The van der Waals surface area contributed by atoms with E-state index in [1.807, 2.05) is 0 Å². The molecule has 0 aromatic heterocycles. The number of nitrogens with two attached hydrogens (primary N) is 1. The molecule has 0 bridgehead atoms. The first-order valence-corrected chi connectivity index (χ1v) is 7.60. The van der Waals surface area contributed by atoms with Crippen LogP contribution in [0.2, 0.25) is 0 Å². The van der Waals surface area contributed by atoms with Crippen LogP contribution in [0.4, 0.5) is 0 Å². The minimum Gasteiger partial charge on any atom is -0.325 e. The van der Waals surface area contributed by atoms with Crippen LogP contribution in [0.15, 0.2) is 24.3 Å². The van der Waals surface area contributed by atoms with Gasteiger partial charge >= 0.3 is 0 Å². The predicted octanol–water partition coefficient (Wildman–Crippen LogP) is 3.99. The summed E-state index contributed by atoms with van der Waals surface area (Å²) in [4.78, 5) is 0. The molecular weight excluding hydrogens is 321 g/mol. The Morgan fingerprint density at radius 3 is 2.47 bits per heavy atom. The molecule has 0 aliphatic heterocycles. The van der Waals surface area contributed by atoms with Crippen molar-refractivity contribution in [2.45, 2.75) is 45.1 Å². The van der Waals surface area contributed by atoms with E-state index in [0.29, 0.717) is 0 Å². The van der Waals surface area contributed by atoms with Gasteiger partial charge in [-0.1, -0.05) is 26.0 Å². The van der Waals surface area contributed by atoms with Gasteiger partial charge in [-0.25, -0.2) is 0 Å². The molecule has 1 aliphatic carbocycles. The lowest BCUT2D eigenvalue weighted by Crippen LogP contribution is -2.47. The maximum Gasteiger partial charge on any atom is 0.0197 e. The van der Waals surface area contributed by atoms with E-state index in [1.165, 1.54) is 28.4 Å². The summed E-state index contributed by atoms with van der Waals surface area (Å²) in [5.74, 6) is 1.60. The van der Waals surface area contributed by atoms with Gasteiger partial charge in [0.1, 0.15) is 0 Å². The minimum atomic E-state index is 0.0265. The fourth-order valence-corrected chi connectivity index (χ4v) is 3.27. The Hall–Kier alpha value is -0.0900. The summed E-state index contributed by atoms with van der Waals surface area (Å²) < 4.78 is 1.29. The van der Waals surface area contributed by atoms with Crippen molar-refractivity contribution in [2.24, 2.45) is 17.6 Å². The van der Waals surface area contributed by atoms with Gasteiger partial charge < -0.3 is 5.73 Å². The quantitative estimate of drug-likeness (QED) is 0.808. The molecule has 3 atom stereocenters. The molecular formula is C15H22IN. The Balaban J connectivity index is 2.05. The van der Waals surface area contributed by atoms with Gasteiger partial charge in [0.05, 0.1) is 0 Å². The summed E-state index contributed by atoms with van der Waals surface area (Å²) in [5.41, 5.74) is 7.99.